The molecule has 0 bridgehead atoms. The van der Waals surface area contributed by atoms with Crippen molar-refractivity contribution in [2.24, 2.45) is 0 Å². The van der Waals surface area contributed by atoms with Crippen molar-refractivity contribution in [3.05, 3.63) is 77.9 Å². The SMILES string of the molecule is CNc1nc(-c2cccc(C=Cc3ccccc3)c2)c2cc(OC)c(OC)cc2n1. The molecule has 4 rings (SSSR count). The van der Waals surface area contributed by atoms with E-state index in [0.29, 0.717) is 17.4 Å². The van der Waals surface area contributed by atoms with E-state index in [9.17, 15) is 0 Å². The van der Waals surface area contributed by atoms with Crippen LogP contribution in [0.4, 0.5) is 5.95 Å². The van der Waals surface area contributed by atoms with Crippen LogP contribution in [0.1, 0.15) is 11.1 Å². The van der Waals surface area contributed by atoms with E-state index in [1.165, 1.54) is 0 Å². The summed E-state index contributed by atoms with van der Waals surface area (Å²) in [5.74, 6) is 1.83. The number of benzene rings is 3. The van der Waals surface area contributed by atoms with Gasteiger partial charge in [-0.05, 0) is 23.3 Å². The highest BCUT2D eigenvalue weighted by Gasteiger charge is 2.14. The van der Waals surface area contributed by atoms with Crippen molar-refractivity contribution in [3.63, 3.8) is 0 Å². The first-order valence-corrected chi connectivity index (χ1v) is 9.67. The highest BCUT2D eigenvalue weighted by atomic mass is 16.5. The van der Waals surface area contributed by atoms with Crippen LogP contribution in [0.3, 0.4) is 0 Å². The molecular formula is C25H23N3O2. The Morgan fingerprint density at radius 2 is 1.47 bits per heavy atom. The van der Waals surface area contributed by atoms with Gasteiger partial charge in [-0.3, -0.25) is 0 Å². The third-order valence-electron chi connectivity index (χ3n) is 4.85. The maximum Gasteiger partial charge on any atom is 0.223 e. The first kappa shape index (κ1) is 19.5. The van der Waals surface area contributed by atoms with Crippen LogP contribution in [0.5, 0.6) is 11.5 Å². The van der Waals surface area contributed by atoms with Crippen LogP contribution in [0.15, 0.2) is 66.7 Å². The molecule has 0 aliphatic rings. The Hall–Kier alpha value is -3.86. The van der Waals surface area contributed by atoms with Gasteiger partial charge in [-0.15, -0.1) is 0 Å². The fraction of sp³-hybridized carbons (Fsp3) is 0.120. The standard InChI is InChI=1S/C25H23N3O2/c1-26-25-27-21-16-23(30-3)22(29-2)15-20(21)24(28-25)19-11-7-10-18(14-19)13-12-17-8-5-4-6-9-17/h4-16H,1-3H3,(H,26,27,28). The van der Waals surface area contributed by atoms with Crippen LogP contribution < -0.4 is 14.8 Å². The summed E-state index contributed by atoms with van der Waals surface area (Å²) in [6, 6.07) is 22.3. The van der Waals surface area contributed by atoms with Crippen molar-refractivity contribution in [1.29, 1.82) is 0 Å². The molecule has 0 atom stereocenters. The summed E-state index contributed by atoms with van der Waals surface area (Å²) in [4.78, 5) is 9.33. The molecule has 30 heavy (non-hydrogen) atoms. The second-order valence-electron chi connectivity index (χ2n) is 6.74. The third kappa shape index (κ3) is 3.96. The Bertz CT molecular complexity index is 1200. The number of ether oxygens (including phenoxy) is 2. The summed E-state index contributed by atoms with van der Waals surface area (Å²) >= 11 is 0. The molecule has 0 spiro atoms. The van der Waals surface area contributed by atoms with Crippen molar-refractivity contribution in [1.82, 2.24) is 9.97 Å². The molecule has 0 saturated heterocycles. The molecule has 1 N–H and O–H groups in total. The molecule has 0 saturated carbocycles. The average Bonchev–Trinajstić information content (AvgIpc) is 2.81. The quantitative estimate of drug-likeness (QED) is 0.434. The van der Waals surface area contributed by atoms with Gasteiger partial charge in [0.25, 0.3) is 0 Å². The van der Waals surface area contributed by atoms with Gasteiger partial charge in [0, 0.05) is 24.1 Å². The summed E-state index contributed by atoms with van der Waals surface area (Å²) in [5.41, 5.74) is 4.87. The van der Waals surface area contributed by atoms with Gasteiger partial charge in [-0.25, -0.2) is 9.97 Å². The summed E-state index contributed by atoms with van der Waals surface area (Å²) in [7, 11) is 5.05. The Balaban J connectivity index is 1.83. The number of anilines is 1. The minimum Gasteiger partial charge on any atom is -0.493 e. The largest absolute Gasteiger partial charge is 0.493 e. The lowest BCUT2D eigenvalue weighted by molar-refractivity contribution is 0.356. The van der Waals surface area contributed by atoms with Crippen LogP contribution in [0.25, 0.3) is 34.3 Å². The van der Waals surface area contributed by atoms with Gasteiger partial charge >= 0.3 is 0 Å². The van der Waals surface area contributed by atoms with Crippen LogP contribution in [-0.2, 0) is 0 Å². The van der Waals surface area contributed by atoms with Crippen molar-refractivity contribution in [2.75, 3.05) is 26.6 Å². The highest BCUT2D eigenvalue weighted by Crippen LogP contribution is 2.36. The van der Waals surface area contributed by atoms with Gasteiger partial charge in [0.15, 0.2) is 11.5 Å². The van der Waals surface area contributed by atoms with Crippen molar-refractivity contribution >= 4 is 29.0 Å². The molecule has 1 heterocycles. The maximum atomic E-state index is 5.50. The molecule has 0 amide bonds. The summed E-state index contributed by atoms with van der Waals surface area (Å²) in [5, 5.41) is 3.95. The minimum absolute atomic E-state index is 0.551. The summed E-state index contributed by atoms with van der Waals surface area (Å²) in [6.07, 6.45) is 4.20. The second kappa shape index (κ2) is 8.66. The number of aromatic nitrogens is 2. The zero-order valence-corrected chi connectivity index (χ0v) is 17.2. The predicted molar refractivity (Wildman–Crippen MR) is 123 cm³/mol. The number of rotatable bonds is 6. The van der Waals surface area contributed by atoms with E-state index in [1.807, 2.05) is 43.4 Å². The van der Waals surface area contributed by atoms with Crippen LogP contribution in [0.2, 0.25) is 0 Å². The van der Waals surface area contributed by atoms with Crippen LogP contribution in [0, 0.1) is 0 Å². The number of nitrogens with zero attached hydrogens (tertiary/aromatic N) is 2. The Labute approximate surface area is 176 Å². The monoisotopic (exact) mass is 397 g/mol. The van der Waals surface area contributed by atoms with E-state index in [2.05, 4.69) is 52.8 Å². The number of methoxy groups -OCH3 is 2. The first-order valence-electron chi connectivity index (χ1n) is 9.67. The normalized spacial score (nSPS) is 11.0. The smallest absolute Gasteiger partial charge is 0.223 e. The van der Waals surface area contributed by atoms with Crippen molar-refractivity contribution < 1.29 is 9.47 Å². The summed E-state index contributed by atoms with van der Waals surface area (Å²) in [6.45, 7) is 0. The maximum absolute atomic E-state index is 5.50. The van der Waals surface area contributed by atoms with Gasteiger partial charge in [-0.1, -0.05) is 60.7 Å². The number of fused-ring (bicyclic) bond motifs is 1. The zero-order chi connectivity index (χ0) is 20.9. The Morgan fingerprint density at radius 1 is 0.767 bits per heavy atom. The van der Waals surface area contributed by atoms with Gasteiger partial charge < -0.3 is 14.8 Å². The number of hydrogen-bond acceptors (Lipinski definition) is 5. The fourth-order valence-corrected chi connectivity index (χ4v) is 3.33. The van der Waals surface area contributed by atoms with E-state index in [0.717, 1.165) is 33.3 Å². The molecule has 5 nitrogen and oxygen atoms in total. The predicted octanol–water partition coefficient (Wildman–Crippen LogP) is 5.53. The molecule has 0 fully saturated rings. The highest BCUT2D eigenvalue weighted by molar-refractivity contribution is 5.95. The Kier molecular flexibility index (Phi) is 5.61. The van der Waals surface area contributed by atoms with Gasteiger partial charge in [0.2, 0.25) is 5.95 Å². The van der Waals surface area contributed by atoms with E-state index in [-0.39, 0.29) is 0 Å². The molecular weight excluding hydrogens is 374 g/mol. The molecule has 3 aromatic carbocycles. The van der Waals surface area contributed by atoms with Gasteiger partial charge in [-0.2, -0.15) is 0 Å². The van der Waals surface area contributed by atoms with Crippen molar-refractivity contribution in [2.45, 2.75) is 0 Å². The van der Waals surface area contributed by atoms with Gasteiger partial charge in [0.05, 0.1) is 25.4 Å². The molecule has 5 heteroatoms. The second-order valence-corrected chi connectivity index (χ2v) is 6.74. The fourth-order valence-electron chi connectivity index (χ4n) is 3.33. The molecule has 0 aliphatic carbocycles. The van der Waals surface area contributed by atoms with E-state index in [4.69, 9.17) is 14.5 Å². The van der Waals surface area contributed by atoms with Crippen LogP contribution in [-0.4, -0.2) is 31.2 Å². The lowest BCUT2D eigenvalue weighted by Gasteiger charge is -2.13. The summed E-state index contributed by atoms with van der Waals surface area (Å²) < 4.78 is 10.9. The molecule has 0 unspecified atom stereocenters. The zero-order valence-electron chi connectivity index (χ0n) is 17.2. The first-order chi connectivity index (χ1) is 14.7. The third-order valence-corrected chi connectivity index (χ3v) is 4.85. The Morgan fingerprint density at radius 3 is 2.20 bits per heavy atom. The minimum atomic E-state index is 0.551. The molecule has 150 valence electrons. The number of hydrogen-bond donors (Lipinski definition) is 1. The van der Waals surface area contributed by atoms with E-state index >= 15 is 0 Å². The van der Waals surface area contributed by atoms with Crippen LogP contribution >= 0.6 is 0 Å². The lowest BCUT2D eigenvalue weighted by atomic mass is 10.0. The molecule has 0 aliphatic heterocycles. The molecule has 0 radical (unpaired) electrons. The van der Waals surface area contributed by atoms with Gasteiger partial charge in [0.1, 0.15) is 0 Å². The van der Waals surface area contributed by atoms with E-state index in [1.54, 1.807) is 14.2 Å². The molecule has 1 aromatic heterocycles. The van der Waals surface area contributed by atoms with E-state index < -0.39 is 0 Å². The van der Waals surface area contributed by atoms with Crippen molar-refractivity contribution in [3.8, 4) is 22.8 Å². The number of nitrogens with one attached hydrogen (secondary N) is 1. The molecule has 4 aromatic rings. The average molecular weight is 397 g/mol. The lowest BCUT2D eigenvalue weighted by Crippen LogP contribution is -2.00. The topological polar surface area (TPSA) is 56.3 Å².